The number of rotatable bonds is 2. The van der Waals surface area contributed by atoms with Crippen LogP contribution in [-0.4, -0.2) is 20.9 Å². The minimum absolute atomic E-state index is 0.0475. The molecule has 2 aliphatic heterocycles. The van der Waals surface area contributed by atoms with E-state index >= 15 is 0 Å². The van der Waals surface area contributed by atoms with Gasteiger partial charge in [-0.3, -0.25) is 9.69 Å². The first-order valence-corrected chi connectivity index (χ1v) is 7.19. The van der Waals surface area contributed by atoms with Gasteiger partial charge in [0.1, 0.15) is 0 Å². The van der Waals surface area contributed by atoms with Crippen molar-refractivity contribution >= 4 is 0 Å². The van der Waals surface area contributed by atoms with Gasteiger partial charge in [0.15, 0.2) is 0 Å². The van der Waals surface area contributed by atoms with E-state index in [1.807, 2.05) is 6.07 Å². The molecule has 2 unspecified atom stereocenters. The van der Waals surface area contributed by atoms with Crippen LogP contribution < -0.4 is 5.56 Å². The lowest BCUT2D eigenvalue weighted by molar-refractivity contribution is 0.164. The van der Waals surface area contributed by atoms with Crippen LogP contribution in [0.1, 0.15) is 35.7 Å². The number of hydrogen-bond donors (Lipinski definition) is 1. The van der Waals surface area contributed by atoms with Crippen LogP contribution in [-0.2, 0) is 13.0 Å². The molecule has 0 amide bonds. The number of hydrogen-bond acceptors (Lipinski definition) is 3. The predicted octanol–water partition coefficient (Wildman–Crippen LogP) is 2.03. The zero-order valence-corrected chi connectivity index (χ0v) is 11.2. The molecule has 3 heterocycles. The van der Waals surface area contributed by atoms with Crippen LogP contribution in [0.5, 0.6) is 0 Å². The third-order valence-electron chi connectivity index (χ3n) is 4.59. The van der Waals surface area contributed by atoms with Crippen LogP contribution in [0.3, 0.4) is 0 Å². The molecule has 0 spiro atoms. The van der Waals surface area contributed by atoms with E-state index in [1.54, 1.807) is 6.33 Å². The lowest BCUT2D eigenvalue weighted by Crippen LogP contribution is -2.40. The van der Waals surface area contributed by atoms with Crippen LogP contribution in [0.4, 0.5) is 0 Å². The van der Waals surface area contributed by atoms with Crippen molar-refractivity contribution in [1.29, 1.82) is 0 Å². The number of aromatic nitrogens is 2. The molecule has 0 saturated carbocycles. The fourth-order valence-corrected chi connectivity index (χ4v) is 3.64. The van der Waals surface area contributed by atoms with Crippen molar-refractivity contribution < 1.29 is 0 Å². The molecular formula is C16H17N3O. The highest BCUT2D eigenvalue weighted by molar-refractivity contribution is 5.28. The molecule has 4 heteroatoms. The number of H-pyrrole nitrogens is 1. The Labute approximate surface area is 117 Å². The predicted molar refractivity (Wildman–Crippen MR) is 76.3 cm³/mol. The van der Waals surface area contributed by atoms with Crippen molar-refractivity contribution in [3.63, 3.8) is 0 Å². The Bertz CT molecular complexity index is 680. The van der Waals surface area contributed by atoms with Crippen molar-refractivity contribution in [2.24, 2.45) is 0 Å². The fraction of sp³-hybridized carbons (Fsp3) is 0.375. The van der Waals surface area contributed by atoms with Gasteiger partial charge in [-0.05, 0) is 24.8 Å². The Morgan fingerprint density at radius 1 is 1.25 bits per heavy atom. The average molecular weight is 267 g/mol. The van der Waals surface area contributed by atoms with Gasteiger partial charge in [0, 0.05) is 18.2 Å². The molecule has 1 fully saturated rings. The maximum absolute atomic E-state index is 11.9. The minimum atomic E-state index is 0.0475. The summed E-state index contributed by atoms with van der Waals surface area (Å²) >= 11 is 0. The highest BCUT2D eigenvalue weighted by Crippen LogP contribution is 2.42. The maximum Gasteiger partial charge on any atom is 0.254 e. The average Bonchev–Trinajstić information content (AvgIpc) is 2.74. The molecule has 1 aromatic heterocycles. The summed E-state index contributed by atoms with van der Waals surface area (Å²) in [5.41, 5.74) is 3.28. The standard InChI is InChI=1S/C16H17N3O/c20-16-13-8-12-6-7-14(15(13)17-10-18-16)19(12)9-11-4-2-1-3-5-11/h1-5,10,12,14H,6-9H2,(H,17,18,20). The summed E-state index contributed by atoms with van der Waals surface area (Å²) < 4.78 is 0. The number of aromatic amines is 1. The van der Waals surface area contributed by atoms with Crippen LogP contribution in [0.2, 0.25) is 0 Å². The molecule has 0 aliphatic carbocycles. The molecule has 4 rings (SSSR count). The first-order chi connectivity index (χ1) is 9.83. The van der Waals surface area contributed by atoms with Crippen molar-refractivity contribution in [2.75, 3.05) is 0 Å². The van der Waals surface area contributed by atoms with Gasteiger partial charge in [-0.2, -0.15) is 0 Å². The summed E-state index contributed by atoms with van der Waals surface area (Å²) in [6, 6.07) is 11.3. The molecule has 1 saturated heterocycles. The SMILES string of the molecule is O=c1[nH]cnc2c1CC1CCC2N1Cc1ccccc1. The van der Waals surface area contributed by atoms with E-state index in [-0.39, 0.29) is 5.56 Å². The van der Waals surface area contributed by atoms with E-state index in [0.29, 0.717) is 12.1 Å². The van der Waals surface area contributed by atoms with Gasteiger partial charge in [0.2, 0.25) is 0 Å². The summed E-state index contributed by atoms with van der Waals surface area (Å²) in [6.07, 6.45) is 4.65. The molecule has 102 valence electrons. The third-order valence-corrected chi connectivity index (χ3v) is 4.59. The van der Waals surface area contributed by atoms with Crippen LogP contribution in [0.25, 0.3) is 0 Å². The Morgan fingerprint density at radius 3 is 2.95 bits per heavy atom. The van der Waals surface area contributed by atoms with Crippen molar-refractivity contribution in [3.05, 3.63) is 63.8 Å². The Kier molecular flexibility index (Phi) is 2.70. The van der Waals surface area contributed by atoms with Gasteiger partial charge < -0.3 is 4.98 Å². The molecule has 0 radical (unpaired) electrons. The second-order valence-electron chi connectivity index (χ2n) is 5.70. The maximum atomic E-state index is 11.9. The van der Waals surface area contributed by atoms with Crippen molar-refractivity contribution in [2.45, 2.75) is 37.9 Å². The molecule has 20 heavy (non-hydrogen) atoms. The lowest BCUT2D eigenvalue weighted by atomic mass is 9.98. The number of nitrogens with zero attached hydrogens (tertiary/aromatic N) is 2. The van der Waals surface area contributed by atoms with Crippen LogP contribution in [0.15, 0.2) is 41.5 Å². The van der Waals surface area contributed by atoms with Gasteiger partial charge in [0.05, 0.1) is 18.1 Å². The van der Waals surface area contributed by atoms with Crippen LogP contribution >= 0.6 is 0 Å². The van der Waals surface area contributed by atoms with Crippen molar-refractivity contribution in [1.82, 2.24) is 14.9 Å². The Balaban J connectivity index is 1.69. The molecule has 1 N–H and O–H groups in total. The number of fused-ring (bicyclic) bond motifs is 4. The van der Waals surface area contributed by atoms with Gasteiger partial charge in [-0.1, -0.05) is 30.3 Å². The second-order valence-corrected chi connectivity index (χ2v) is 5.70. The fourth-order valence-electron chi connectivity index (χ4n) is 3.64. The highest BCUT2D eigenvalue weighted by atomic mass is 16.1. The normalized spacial score (nSPS) is 24.6. The third kappa shape index (κ3) is 1.79. The zero-order chi connectivity index (χ0) is 13.5. The summed E-state index contributed by atoms with van der Waals surface area (Å²) in [5, 5.41) is 0. The first kappa shape index (κ1) is 11.9. The van der Waals surface area contributed by atoms with Gasteiger partial charge in [0.25, 0.3) is 5.56 Å². The van der Waals surface area contributed by atoms with E-state index in [0.717, 1.165) is 37.1 Å². The molecule has 2 aliphatic rings. The molecule has 4 nitrogen and oxygen atoms in total. The topological polar surface area (TPSA) is 49.0 Å². The van der Waals surface area contributed by atoms with Gasteiger partial charge in [-0.15, -0.1) is 0 Å². The summed E-state index contributed by atoms with van der Waals surface area (Å²) in [5.74, 6) is 0. The van der Waals surface area contributed by atoms with E-state index in [1.165, 1.54) is 5.56 Å². The second kappa shape index (κ2) is 4.56. The minimum Gasteiger partial charge on any atom is -0.313 e. The first-order valence-electron chi connectivity index (χ1n) is 7.19. The number of benzene rings is 1. The zero-order valence-electron chi connectivity index (χ0n) is 11.2. The summed E-state index contributed by atoms with van der Waals surface area (Å²) in [4.78, 5) is 21.6. The molecular weight excluding hydrogens is 250 g/mol. The number of nitrogens with one attached hydrogen (secondary N) is 1. The molecule has 1 aromatic carbocycles. The Hall–Kier alpha value is -1.94. The quantitative estimate of drug-likeness (QED) is 0.905. The van der Waals surface area contributed by atoms with Crippen molar-refractivity contribution in [3.8, 4) is 0 Å². The monoisotopic (exact) mass is 267 g/mol. The smallest absolute Gasteiger partial charge is 0.254 e. The van der Waals surface area contributed by atoms with Crippen LogP contribution in [0, 0.1) is 0 Å². The molecule has 2 aromatic rings. The van der Waals surface area contributed by atoms with E-state index < -0.39 is 0 Å². The molecule has 2 bridgehead atoms. The van der Waals surface area contributed by atoms with Gasteiger partial charge >= 0.3 is 0 Å². The summed E-state index contributed by atoms with van der Waals surface area (Å²) in [6.45, 7) is 0.949. The highest BCUT2D eigenvalue weighted by Gasteiger charge is 2.41. The largest absolute Gasteiger partial charge is 0.313 e. The lowest BCUT2D eigenvalue weighted by Gasteiger charge is -2.35. The molecule has 2 atom stereocenters. The van der Waals surface area contributed by atoms with E-state index in [4.69, 9.17) is 0 Å². The van der Waals surface area contributed by atoms with E-state index in [2.05, 4.69) is 39.1 Å². The van der Waals surface area contributed by atoms with E-state index in [9.17, 15) is 4.79 Å². The Morgan fingerprint density at radius 2 is 2.10 bits per heavy atom. The van der Waals surface area contributed by atoms with Gasteiger partial charge in [-0.25, -0.2) is 4.98 Å². The summed E-state index contributed by atoms with van der Waals surface area (Å²) in [7, 11) is 0.